The molecule has 1 aliphatic heterocycles. The van der Waals surface area contributed by atoms with Gasteiger partial charge in [-0.15, -0.1) is 0 Å². The fraction of sp³-hybridized carbons (Fsp3) is 0.185. The number of carbonyl (C=O) groups is 1. The second-order valence-electron chi connectivity index (χ2n) is 8.78. The second kappa shape index (κ2) is 10.2. The highest BCUT2D eigenvalue weighted by Gasteiger charge is 2.32. The molecule has 1 aromatic heterocycles. The molecule has 8 nitrogen and oxygen atoms in total. The van der Waals surface area contributed by atoms with Gasteiger partial charge in [0, 0.05) is 47.2 Å². The standard InChI is InChI=1S/C27H22Cl2N4O4/c28-20-8-6-19(7-9-20)26(34)31-14-12-30(13-15-31)24-22-16-21(29)10-11-23(22)32(27(35)25(24)33(36)37)17-18-4-2-1-3-5-18/h1-11,16H,12-15,17H2. The van der Waals surface area contributed by atoms with Crippen molar-refractivity contribution in [2.24, 2.45) is 0 Å². The lowest BCUT2D eigenvalue weighted by Crippen LogP contribution is -2.49. The van der Waals surface area contributed by atoms with Crippen molar-refractivity contribution < 1.29 is 9.72 Å². The highest BCUT2D eigenvalue weighted by atomic mass is 35.5. The molecule has 1 saturated heterocycles. The van der Waals surface area contributed by atoms with Gasteiger partial charge in [-0.25, -0.2) is 0 Å². The average Bonchev–Trinajstić information content (AvgIpc) is 2.90. The number of carbonyl (C=O) groups excluding carboxylic acids is 1. The number of nitrogens with zero attached hydrogens (tertiary/aromatic N) is 4. The highest BCUT2D eigenvalue weighted by molar-refractivity contribution is 6.31. The van der Waals surface area contributed by atoms with Crippen LogP contribution in [0.25, 0.3) is 10.9 Å². The Bertz CT molecular complexity index is 1550. The summed E-state index contributed by atoms with van der Waals surface area (Å²) in [6.07, 6.45) is 0. The molecule has 4 aromatic rings. The molecule has 0 bridgehead atoms. The van der Waals surface area contributed by atoms with Crippen LogP contribution in [0.5, 0.6) is 0 Å². The number of hydrogen-bond acceptors (Lipinski definition) is 5. The number of anilines is 1. The topological polar surface area (TPSA) is 88.7 Å². The minimum absolute atomic E-state index is 0.142. The maximum Gasteiger partial charge on any atom is 0.357 e. The van der Waals surface area contributed by atoms with Crippen LogP contribution in [0.1, 0.15) is 15.9 Å². The zero-order valence-corrected chi connectivity index (χ0v) is 21.2. The summed E-state index contributed by atoms with van der Waals surface area (Å²) < 4.78 is 1.42. The second-order valence-corrected chi connectivity index (χ2v) is 9.65. The van der Waals surface area contributed by atoms with Gasteiger partial charge in [-0.05, 0) is 48.0 Å². The fourth-order valence-corrected chi connectivity index (χ4v) is 5.01. The predicted molar refractivity (Wildman–Crippen MR) is 145 cm³/mol. The average molecular weight is 537 g/mol. The third-order valence-corrected chi connectivity index (χ3v) is 7.00. The van der Waals surface area contributed by atoms with Gasteiger partial charge in [0.25, 0.3) is 5.91 Å². The van der Waals surface area contributed by atoms with Crippen molar-refractivity contribution in [1.82, 2.24) is 9.47 Å². The summed E-state index contributed by atoms with van der Waals surface area (Å²) >= 11 is 12.3. The lowest BCUT2D eigenvalue weighted by Gasteiger charge is -2.36. The Hall–Kier alpha value is -3.88. The summed E-state index contributed by atoms with van der Waals surface area (Å²) in [5.41, 5.74) is 0.970. The maximum atomic E-state index is 13.5. The van der Waals surface area contributed by atoms with E-state index in [-0.39, 0.29) is 18.1 Å². The van der Waals surface area contributed by atoms with E-state index in [1.807, 2.05) is 30.3 Å². The number of amides is 1. The van der Waals surface area contributed by atoms with E-state index in [1.54, 1.807) is 52.3 Å². The lowest BCUT2D eigenvalue weighted by atomic mass is 10.1. The number of pyridine rings is 1. The molecule has 0 atom stereocenters. The number of nitro groups is 1. The van der Waals surface area contributed by atoms with Crippen molar-refractivity contribution in [3.05, 3.63) is 114 Å². The third-order valence-electron chi connectivity index (χ3n) is 6.52. The van der Waals surface area contributed by atoms with Gasteiger partial charge in [-0.3, -0.25) is 24.3 Å². The molecule has 1 aliphatic rings. The number of hydrogen-bond donors (Lipinski definition) is 0. The summed E-state index contributed by atoms with van der Waals surface area (Å²) in [5.74, 6) is -0.142. The zero-order chi connectivity index (χ0) is 26.1. The summed E-state index contributed by atoms with van der Waals surface area (Å²) in [7, 11) is 0. The van der Waals surface area contributed by atoms with E-state index in [2.05, 4.69) is 0 Å². The van der Waals surface area contributed by atoms with Crippen LogP contribution in [0.2, 0.25) is 10.0 Å². The van der Waals surface area contributed by atoms with Crippen molar-refractivity contribution in [2.45, 2.75) is 6.54 Å². The van der Waals surface area contributed by atoms with Crippen molar-refractivity contribution >= 4 is 51.4 Å². The van der Waals surface area contributed by atoms with Crippen LogP contribution in [0, 0.1) is 10.1 Å². The Morgan fingerprint density at radius 3 is 2.19 bits per heavy atom. The van der Waals surface area contributed by atoms with Crippen LogP contribution >= 0.6 is 23.2 Å². The van der Waals surface area contributed by atoms with E-state index in [1.165, 1.54) is 4.57 Å². The van der Waals surface area contributed by atoms with E-state index in [4.69, 9.17) is 23.2 Å². The van der Waals surface area contributed by atoms with Gasteiger partial charge in [0.2, 0.25) is 0 Å². The van der Waals surface area contributed by atoms with Crippen molar-refractivity contribution in [2.75, 3.05) is 31.1 Å². The first-order chi connectivity index (χ1) is 17.8. The number of benzene rings is 3. The first-order valence-corrected chi connectivity index (χ1v) is 12.4. The number of rotatable bonds is 5. The van der Waals surface area contributed by atoms with Gasteiger partial charge < -0.3 is 9.80 Å². The Balaban J connectivity index is 1.54. The van der Waals surface area contributed by atoms with Crippen LogP contribution < -0.4 is 10.5 Å². The normalized spacial score (nSPS) is 13.7. The van der Waals surface area contributed by atoms with Crippen LogP contribution in [0.15, 0.2) is 77.6 Å². The van der Waals surface area contributed by atoms with E-state index < -0.39 is 16.2 Å². The van der Waals surface area contributed by atoms with Gasteiger partial charge in [0.1, 0.15) is 5.69 Å². The Morgan fingerprint density at radius 1 is 0.892 bits per heavy atom. The summed E-state index contributed by atoms with van der Waals surface area (Å²) in [6.45, 7) is 1.51. The Labute approximate surface area is 222 Å². The number of fused-ring (bicyclic) bond motifs is 1. The van der Waals surface area contributed by atoms with Gasteiger partial charge in [0.15, 0.2) is 0 Å². The van der Waals surface area contributed by atoms with Crippen LogP contribution in [0.4, 0.5) is 11.4 Å². The highest BCUT2D eigenvalue weighted by Crippen LogP contribution is 2.36. The molecule has 37 heavy (non-hydrogen) atoms. The van der Waals surface area contributed by atoms with Gasteiger partial charge >= 0.3 is 11.2 Å². The largest absolute Gasteiger partial charge is 0.362 e. The molecule has 1 fully saturated rings. The minimum Gasteiger partial charge on any atom is -0.362 e. The summed E-state index contributed by atoms with van der Waals surface area (Å²) in [5, 5.41) is 13.7. The molecule has 0 N–H and O–H groups in total. The van der Waals surface area contributed by atoms with Gasteiger partial charge in [-0.1, -0.05) is 53.5 Å². The van der Waals surface area contributed by atoms with Crippen LogP contribution in [-0.4, -0.2) is 46.5 Å². The third kappa shape index (κ3) is 4.90. The maximum absolute atomic E-state index is 13.5. The number of aromatic nitrogens is 1. The molecule has 2 heterocycles. The molecule has 188 valence electrons. The van der Waals surface area contributed by atoms with Gasteiger partial charge in [0.05, 0.1) is 17.0 Å². The number of halogens is 2. The predicted octanol–water partition coefficient (Wildman–Crippen LogP) is 5.23. The van der Waals surface area contributed by atoms with Crippen molar-refractivity contribution in [3.63, 3.8) is 0 Å². The van der Waals surface area contributed by atoms with Crippen molar-refractivity contribution in [1.29, 1.82) is 0 Å². The minimum atomic E-state index is -0.682. The Morgan fingerprint density at radius 2 is 1.54 bits per heavy atom. The zero-order valence-electron chi connectivity index (χ0n) is 19.6. The quantitative estimate of drug-likeness (QED) is 0.257. The molecule has 3 aromatic carbocycles. The molecule has 0 saturated carbocycles. The van der Waals surface area contributed by atoms with E-state index in [0.717, 1.165) is 5.56 Å². The molecule has 10 heteroatoms. The van der Waals surface area contributed by atoms with E-state index in [0.29, 0.717) is 52.7 Å². The summed E-state index contributed by atoms with van der Waals surface area (Å²) in [4.78, 5) is 41.6. The molecule has 0 unspecified atom stereocenters. The Kier molecular flexibility index (Phi) is 6.86. The number of piperazine rings is 1. The fourth-order valence-electron chi connectivity index (χ4n) is 4.72. The SMILES string of the molecule is O=C(c1ccc(Cl)cc1)N1CCN(c2c([N+](=O)[O-])c(=O)n(Cc3ccccc3)c3ccc(Cl)cc23)CC1. The monoisotopic (exact) mass is 536 g/mol. The van der Waals surface area contributed by atoms with Crippen LogP contribution in [-0.2, 0) is 6.54 Å². The molecule has 0 aliphatic carbocycles. The molecule has 0 radical (unpaired) electrons. The first kappa shape index (κ1) is 24.8. The van der Waals surface area contributed by atoms with E-state index >= 15 is 0 Å². The lowest BCUT2D eigenvalue weighted by molar-refractivity contribution is -0.385. The first-order valence-electron chi connectivity index (χ1n) is 11.7. The smallest absolute Gasteiger partial charge is 0.357 e. The molecule has 5 rings (SSSR count). The van der Waals surface area contributed by atoms with Crippen LogP contribution in [0.3, 0.4) is 0 Å². The van der Waals surface area contributed by atoms with E-state index in [9.17, 15) is 19.7 Å². The molecule has 0 spiro atoms. The molecule has 1 amide bonds. The molecular formula is C27H22Cl2N4O4. The van der Waals surface area contributed by atoms with Gasteiger partial charge in [-0.2, -0.15) is 0 Å². The summed E-state index contributed by atoms with van der Waals surface area (Å²) in [6, 6.07) is 21.0. The molecular weight excluding hydrogens is 515 g/mol. The van der Waals surface area contributed by atoms with Crippen molar-refractivity contribution in [3.8, 4) is 0 Å².